The number of benzene rings is 1. The molecule has 1 N–H and O–H groups in total. The molecule has 1 aliphatic rings. The summed E-state index contributed by atoms with van der Waals surface area (Å²) in [5.41, 5.74) is 4.63. The van der Waals surface area contributed by atoms with Gasteiger partial charge in [0, 0.05) is 6.54 Å². The van der Waals surface area contributed by atoms with Crippen molar-refractivity contribution in [1.29, 1.82) is 0 Å². The zero-order chi connectivity index (χ0) is 14.9. The van der Waals surface area contributed by atoms with Crippen LogP contribution >= 0.6 is 0 Å². The molecule has 0 aromatic heterocycles. The molecule has 0 aliphatic carbocycles. The molecule has 0 saturated carbocycles. The van der Waals surface area contributed by atoms with E-state index in [-0.39, 0.29) is 12.5 Å². The third-order valence-corrected chi connectivity index (χ3v) is 3.30. The lowest BCUT2D eigenvalue weighted by molar-refractivity contribution is -0.122. The molecular formula is C16H18N2O2. The summed E-state index contributed by atoms with van der Waals surface area (Å²) in [6, 6.07) is 3.72. The fourth-order valence-electron chi connectivity index (χ4n) is 2.43. The molecule has 20 heavy (non-hydrogen) atoms. The van der Waals surface area contributed by atoms with Crippen LogP contribution < -0.4 is 5.32 Å². The monoisotopic (exact) mass is 270 g/mol. The van der Waals surface area contributed by atoms with E-state index in [1.807, 2.05) is 20.8 Å². The average Bonchev–Trinajstić information content (AvgIpc) is 2.62. The van der Waals surface area contributed by atoms with E-state index >= 15 is 0 Å². The Bertz CT molecular complexity index is 606. The summed E-state index contributed by atoms with van der Waals surface area (Å²) in [4.78, 5) is 25.0. The second-order valence-corrected chi connectivity index (χ2v) is 5.00. The Balaban J connectivity index is 2.40. The first kappa shape index (κ1) is 14.1. The molecule has 0 atom stereocenters. The van der Waals surface area contributed by atoms with Gasteiger partial charge in [-0.1, -0.05) is 23.8 Å². The van der Waals surface area contributed by atoms with Gasteiger partial charge in [-0.2, -0.15) is 0 Å². The van der Waals surface area contributed by atoms with Crippen molar-refractivity contribution >= 4 is 18.0 Å². The summed E-state index contributed by atoms with van der Waals surface area (Å²) in [6.45, 7) is 9.79. The van der Waals surface area contributed by atoms with E-state index in [1.54, 1.807) is 6.08 Å². The van der Waals surface area contributed by atoms with Crippen LogP contribution in [0.3, 0.4) is 0 Å². The minimum absolute atomic E-state index is 0.216. The van der Waals surface area contributed by atoms with Gasteiger partial charge in [0.1, 0.15) is 5.70 Å². The Morgan fingerprint density at radius 1 is 1.20 bits per heavy atom. The average molecular weight is 270 g/mol. The number of hydrogen-bond acceptors (Lipinski definition) is 2. The molecular weight excluding hydrogens is 252 g/mol. The van der Waals surface area contributed by atoms with Crippen LogP contribution in [0.25, 0.3) is 6.08 Å². The molecule has 0 radical (unpaired) electrons. The first-order valence-corrected chi connectivity index (χ1v) is 6.47. The fourth-order valence-corrected chi connectivity index (χ4v) is 2.43. The van der Waals surface area contributed by atoms with E-state index in [2.05, 4.69) is 24.0 Å². The standard InChI is InChI=1S/C16H18N2O2/c1-5-6-18-15(19)14(17-16(18)20)9-13-11(3)7-10(2)8-12(13)4/h5,7-9H,1,6H2,2-4H3,(H,17,20)/b14-9+. The lowest BCUT2D eigenvalue weighted by Gasteiger charge is -2.08. The highest BCUT2D eigenvalue weighted by atomic mass is 16.2. The second kappa shape index (κ2) is 5.33. The maximum absolute atomic E-state index is 12.1. The van der Waals surface area contributed by atoms with Gasteiger partial charge in [0.2, 0.25) is 0 Å². The number of carbonyl (C=O) groups excluding carboxylic acids is 2. The highest BCUT2D eigenvalue weighted by Crippen LogP contribution is 2.21. The number of nitrogens with zero attached hydrogens (tertiary/aromatic N) is 1. The van der Waals surface area contributed by atoms with Crippen molar-refractivity contribution in [2.75, 3.05) is 6.54 Å². The summed E-state index contributed by atoms with van der Waals surface area (Å²) in [7, 11) is 0. The normalized spacial score (nSPS) is 16.8. The van der Waals surface area contributed by atoms with Gasteiger partial charge in [-0.15, -0.1) is 6.58 Å². The molecule has 0 spiro atoms. The molecule has 1 aliphatic heterocycles. The van der Waals surface area contributed by atoms with E-state index in [9.17, 15) is 9.59 Å². The maximum atomic E-state index is 12.1. The zero-order valence-electron chi connectivity index (χ0n) is 12.0. The van der Waals surface area contributed by atoms with E-state index in [4.69, 9.17) is 0 Å². The zero-order valence-corrected chi connectivity index (χ0v) is 12.0. The van der Waals surface area contributed by atoms with Crippen molar-refractivity contribution < 1.29 is 9.59 Å². The van der Waals surface area contributed by atoms with Crippen LogP contribution in [-0.2, 0) is 4.79 Å². The van der Waals surface area contributed by atoms with Crippen molar-refractivity contribution in [1.82, 2.24) is 10.2 Å². The van der Waals surface area contributed by atoms with E-state index < -0.39 is 6.03 Å². The molecule has 104 valence electrons. The quantitative estimate of drug-likeness (QED) is 0.521. The Morgan fingerprint density at radius 2 is 1.80 bits per heavy atom. The molecule has 1 aromatic carbocycles. The SMILES string of the molecule is C=CCN1C(=O)N/C(=C/c2c(C)cc(C)cc2C)C1=O. The Kier molecular flexibility index (Phi) is 3.74. The van der Waals surface area contributed by atoms with Crippen molar-refractivity contribution in [3.05, 3.63) is 52.7 Å². The lowest BCUT2D eigenvalue weighted by Crippen LogP contribution is -2.30. The first-order valence-electron chi connectivity index (χ1n) is 6.47. The largest absolute Gasteiger partial charge is 0.329 e. The molecule has 1 saturated heterocycles. The summed E-state index contributed by atoms with van der Waals surface area (Å²) in [5.74, 6) is -0.311. The highest BCUT2D eigenvalue weighted by molar-refractivity contribution is 6.14. The molecule has 4 nitrogen and oxygen atoms in total. The molecule has 1 heterocycles. The van der Waals surface area contributed by atoms with Crippen molar-refractivity contribution in [3.63, 3.8) is 0 Å². The molecule has 1 fully saturated rings. The first-order chi connectivity index (χ1) is 9.43. The van der Waals surface area contributed by atoms with Gasteiger partial charge in [0.15, 0.2) is 0 Å². The van der Waals surface area contributed by atoms with Crippen LogP contribution in [-0.4, -0.2) is 23.4 Å². The number of imide groups is 1. The number of rotatable bonds is 3. The summed E-state index contributed by atoms with van der Waals surface area (Å²) in [6.07, 6.45) is 3.27. The maximum Gasteiger partial charge on any atom is 0.329 e. The summed E-state index contributed by atoms with van der Waals surface area (Å²) < 4.78 is 0. The van der Waals surface area contributed by atoms with Crippen LogP contribution in [0, 0.1) is 20.8 Å². The molecule has 3 amide bonds. The van der Waals surface area contributed by atoms with Gasteiger partial charge in [0.05, 0.1) is 0 Å². The minimum atomic E-state index is -0.399. The Morgan fingerprint density at radius 3 is 2.35 bits per heavy atom. The minimum Gasteiger partial charge on any atom is -0.303 e. The van der Waals surface area contributed by atoms with E-state index in [0.717, 1.165) is 21.6 Å². The van der Waals surface area contributed by atoms with Crippen LogP contribution in [0.4, 0.5) is 4.79 Å². The topological polar surface area (TPSA) is 49.4 Å². The van der Waals surface area contributed by atoms with Crippen LogP contribution in [0.15, 0.2) is 30.5 Å². The van der Waals surface area contributed by atoms with Crippen LogP contribution in [0.1, 0.15) is 22.3 Å². The molecule has 0 bridgehead atoms. The molecule has 4 heteroatoms. The van der Waals surface area contributed by atoms with Gasteiger partial charge < -0.3 is 5.32 Å². The van der Waals surface area contributed by atoms with E-state index in [1.165, 1.54) is 11.6 Å². The highest BCUT2D eigenvalue weighted by Gasteiger charge is 2.32. The molecule has 0 unspecified atom stereocenters. The molecule has 2 rings (SSSR count). The fraction of sp³-hybridized carbons (Fsp3) is 0.250. The van der Waals surface area contributed by atoms with Crippen LogP contribution in [0.5, 0.6) is 0 Å². The summed E-state index contributed by atoms with van der Waals surface area (Å²) in [5, 5.41) is 2.61. The number of hydrogen-bond donors (Lipinski definition) is 1. The predicted octanol–water partition coefficient (Wildman–Crippen LogP) is 2.69. The predicted molar refractivity (Wildman–Crippen MR) is 79.1 cm³/mol. The van der Waals surface area contributed by atoms with Gasteiger partial charge in [0.25, 0.3) is 5.91 Å². The smallest absolute Gasteiger partial charge is 0.303 e. The van der Waals surface area contributed by atoms with Gasteiger partial charge in [-0.25, -0.2) is 4.79 Å². The number of aryl methyl sites for hydroxylation is 3. The molecule has 1 aromatic rings. The van der Waals surface area contributed by atoms with Gasteiger partial charge in [-0.3, -0.25) is 9.69 Å². The van der Waals surface area contributed by atoms with Crippen molar-refractivity contribution in [2.24, 2.45) is 0 Å². The van der Waals surface area contributed by atoms with Gasteiger partial charge >= 0.3 is 6.03 Å². The second-order valence-electron chi connectivity index (χ2n) is 5.00. The number of urea groups is 1. The Hall–Kier alpha value is -2.36. The summed E-state index contributed by atoms with van der Waals surface area (Å²) >= 11 is 0. The lowest BCUT2D eigenvalue weighted by atomic mass is 9.99. The third-order valence-electron chi connectivity index (χ3n) is 3.30. The van der Waals surface area contributed by atoms with E-state index in [0.29, 0.717) is 5.70 Å². The number of nitrogens with one attached hydrogen (secondary N) is 1. The third kappa shape index (κ3) is 2.50. The van der Waals surface area contributed by atoms with Gasteiger partial charge in [-0.05, 0) is 43.5 Å². The van der Waals surface area contributed by atoms with Crippen LogP contribution in [0.2, 0.25) is 0 Å². The van der Waals surface area contributed by atoms with Crippen molar-refractivity contribution in [2.45, 2.75) is 20.8 Å². The number of carbonyl (C=O) groups is 2. The Labute approximate surface area is 118 Å². The van der Waals surface area contributed by atoms with Crippen molar-refractivity contribution in [3.8, 4) is 0 Å². The number of amides is 3.